The summed E-state index contributed by atoms with van der Waals surface area (Å²) < 4.78 is 2.37. The number of allylic oxidation sites excluding steroid dienone is 1. The molecule has 1 aromatic carbocycles. The number of halogens is 2. The SMILES string of the molecule is C=C(C)c1ccc(Br)c(I)c1. The van der Waals surface area contributed by atoms with Crippen molar-refractivity contribution in [2.75, 3.05) is 0 Å². The first-order valence-corrected chi connectivity index (χ1v) is 5.09. The third-order valence-corrected chi connectivity index (χ3v) is 3.74. The molecule has 2 heteroatoms. The average molecular weight is 323 g/mol. The maximum atomic E-state index is 3.88. The molecule has 0 saturated heterocycles. The zero-order chi connectivity index (χ0) is 8.43. The first kappa shape index (κ1) is 9.26. The molecular weight excluding hydrogens is 315 g/mol. The molecule has 0 saturated carbocycles. The molecule has 0 aromatic heterocycles. The van der Waals surface area contributed by atoms with Crippen LogP contribution in [-0.2, 0) is 0 Å². The van der Waals surface area contributed by atoms with Crippen LogP contribution in [0.4, 0.5) is 0 Å². The van der Waals surface area contributed by atoms with E-state index >= 15 is 0 Å². The van der Waals surface area contributed by atoms with E-state index in [-0.39, 0.29) is 0 Å². The van der Waals surface area contributed by atoms with Gasteiger partial charge in [-0.1, -0.05) is 18.2 Å². The van der Waals surface area contributed by atoms with Gasteiger partial charge in [-0.3, -0.25) is 0 Å². The van der Waals surface area contributed by atoms with Crippen LogP contribution in [0.15, 0.2) is 29.3 Å². The van der Waals surface area contributed by atoms with Crippen LogP contribution in [0.2, 0.25) is 0 Å². The highest BCUT2D eigenvalue weighted by molar-refractivity contribution is 14.1. The molecule has 0 spiro atoms. The van der Waals surface area contributed by atoms with Crippen molar-refractivity contribution >= 4 is 44.1 Å². The molecular formula is C9H8BrI. The lowest BCUT2D eigenvalue weighted by atomic mass is 10.1. The smallest absolute Gasteiger partial charge is 0.0309 e. The highest BCUT2D eigenvalue weighted by Gasteiger charge is 1.97. The summed E-state index contributed by atoms with van der Waals surface area (Å²) in [6.45, 7) is 5.89. The van der Waals surface area contributed by atoms with E-state index < -0.39 is 0 Å². The van der Waals surface area contributed by atoms with Crippen molar-refractivity contribution in [3.63, 3.8) is 0 Å². The Kier molecular flexibility index (Phi) is 3.13. The van der Waals surface area contributed by atoms with Crippen LogP contribution in [0.5, 0.6) is 0 Å². The van der Waals surface area contributed by atoms with Crippen molar-refractivity contribution in [2.24, 2.45) is 0 Å². The molecule has 1 rings (SSSR count). The Labute approximate surface area is 89.0 Å². The average Bonchev–Trinajstić information content (AvgIpc) is 1.94. The zero-order valence-electron chi connectivity index (χ0n) is 6.20. The van der Waals surface area contributed by atoms with Crippen LogP contribution in [0.1, 0.15) is 12.5 Å². The first-order valence-electron chi connectivity index (χ1n) is 3.22. The van der Waals surface area contributed by atoms with Gasteiger partial charge in [0.25, 0.3) is 0 Å². The molecule has 1 aromatic rings. The van der Waals surface area contributed by atoms with Crippen LogP contribution in [-0.4, -0.2) is 0 Å². The Morgan fingerprint density at radius 1 is 1.55 bits per heavy atom. The molecule has 0 aliphatic carbocycles. The topological polar surface area (TPSA) is 0 Å². The number of hydrogen-bond donors (Lipinski definition) is 0. The molecule has 0 bridgehead atoms. The molecule has 0 atom stereocenters. The van der Waals surface area contributed by atoms with Crippen LogP contribution < -0.4 is 0 Å². The van der Waals surface area contributed by atoms with Crippen molar-refractivity contribution in [1.29, 1.82) is 0 Å². The second-order valence-corrected chi connectivity index (χ2v) is 4.43. The Hall–Kier alpha value is 0.170. The Morgan fingerprint density at radius 3 is 2.64 bits per heavy atom. The second-order valence-electron chi connectivity index (χ2n) is 2.41. The molecule has 0 amide bonds. The lowest BCUT2D eigenvalue weighted by Gasteiger charge is -2.01. The van der Waals surface area contributed by atoms with Gasteiger partial charge in [-0.25, -0.2) is 0 Å². The number of hydrogen-bond acceptors (Lipinski definition) is 0. The Morgan fingerprint density at radius 2 is 2.18 bits per heavy atom. The fraction of sp³-hybridized carbons (Fsp3) is 0.111. The molecule has 0 fully saturated rings. The van der Waals surface area contributed by atoms with Gasteiger partial charge < -0.3 is 0 Å². The van der Waals surface area contributed by atoms with E-state index in [0.29, 0.717) is 0 Å². The fourth-order valence-corrected chi connectivity index (χ4v) is 1.52. The minimum absolute atomic E-state index is 1.11. The fourth-order valence-electron chi connectivity index (χ4n) is 0.762. The van der Waals surface area contributed by atoms with Crippen molar-refractivity contribution < 1.29 is 0 Å². The highest BCUT2D eigenvalue weighted by atomic mass is 127. The van der Waals surface area contributed by atoms with Crippen LogP contribution >= 0.6 is 38.5 Å². The zero-order valence-corrected chi connectivity index (χ0v) is 9.94. The molecule has 0 heterocycles. The summed E-state index contributed by atoms with van der Waals surface area (Å²) in [5.74, 6) is 0. The van der Waals surface area contributed by atoms with Gasteiger partial charge in [0, 0.05) is 8.04 Å². The van der Waals surface area contributed by atoms with E-state index in [1.807, 2.05) is 13.0 Å². The van der Waals surface area contributed by atoms with E-state index in [9.17, 15) is 0 Å². The van der Waals surface area contributed by atoms with Gasteiger partial charge in [-0.2, -0.15) is 0 Å². The number of benzene rings is 1. The quantitative estimate of drug-likeness (QED) is 0.683. The van der Waals surface area contributed by atoms with Gasteiger partial charge in [0.2, 0.25) is 0 Å². The molecule has 58 valence electrons. The van der Waals surface area contributed by atoms with Crippen molar-refractivity contribution in [1.82, 2.24) is 0 Å². The van der Waals surface area contributed by atoms with E-state index in [0.717, 1.165) is 10.0 Å². The number of rotatable bonds is 1. The maximum absolute atomic E-state index is 3.88. The predicted molar refractivity (Wildman–Crippen MR) is 61.6 cm³/mol. The summed E-state index contributed by atoms with van der Waals surface area (Å²) in [6, 6.07) is 6.23. The normalized spacial score (nSPS) is 9.73. The molecule has 0 nitrogen and oxygen atoms in total. The molecule has 11 heavy (non-hydrogen) atoms. The minimum atomic E-state index is 1.11. The summed E-state index contributed by atoms with van der Waals surface area (Å²) in [6.07, 6.45) is 0. The van der Waals surface area contributed by atoms with E-state index in [4.69, 9.17) is 0 Å². The van der Waals surface area contributed by atoms with E-state index in [1.165, 1.54) is 9.13 Å². The van der Waals surface area contributed by atoms with Crippen molar-refractivity contribution in [3.05, 3.63) is 38.4 Å². The lowest BCUT2D eigenvalue weighted by Crippen LogP contribution is -1.80. The predicted octanol–water partition coefficient (Wildman–Crippen LogP) is 4.09. The molecule has 0 radical (unpaired) electrons. The lowest BCUT2D eigenvalue weighted by molar-refractivity contribution is 1.51. The van der Waals surface area contributed by atoms with Gasteiger partial charge in [-0.05, 0) is 63.1 Å². The molecule has 0 aliphatic rings. The maximum Gasteiger partial charge on any atom is 0.0309 e. The van der Waals surface area contributed by atoms with E-state index in [2.05, 4.69) is 57.2 Å². The third-order valence-electron chi connectivity index (χ3n) is 1.41. The minimum Gasteiger partial charge on any atom is -0.0955 e. The Balaban J connectivity index is 3.15. The van der Waals surface area contributed by atoms with Gasteiger partial charge in [0.1, 0.15) is 0 Å². The summed E-state index contributed by atoms with van der Waals surface area (Å²) in [5, 5.41) is 0. The standard InChI is InChI=1S/C9H8BrI/c1-6(2)7-3-4-8(10)9(11)5-7/h3-5H,1H2,2H3. The van der Waals surface area contributed by atoms with Gasteiger partial charge in [-0.15, -0.1) is 0 Å². The first-order chi connectivity index (χ1) is 5.11. The second kappa shape index (κ2) is 3.72. The van der Waals surface area contributed by atoms with Crippen molar-refractivity contribution in [2.45, 2.75) is 6.92 Å². The highest BCUT2D eigenvalue weighted by Crippen LogP contribution is 2.22. The third kappa shape index (κ3) is 2.30. The molecule has 0 N–H and O–H groups in total. The largest absolute Gasteiger partial charge is 0.0955 e. The van der Waals surface area contributed by atoms with Gasteiger partial charge >= 0.3 is 0 Å². The van der Waals surface area contributed by atoms with E-state index in [1.54, 1.807) is 0 Å². The molecule has 0 unspecified atom stereocenters. The summed E-state index contributed by atoms with van der Waals surface area (Å²) in [7, 11) is 0. The Bertz CT molecular complexity index is 292. The van der Waals surface area contributed by atoms with Crippen LogP contribution in [0.3, 0.4) is 0 Å². The summed E-state index contributed by atoms with van der Waals surface area (Å²) >= 11 is 5.74. The summed E-state index contributed by atoms with van der Waals surface area (Å²) in [4.78, 5) is 0. The monoisotopic (exact) mass is 322 g/mol. The van der Waals surface area contributed by atoms with Gasteiger partial charge in [0.05, 0.1) is 0 Å². The van der Waals surface area contributed by atoms with Crippen LogP contribution in [0.25, 0.3) is 5.57 Å². The summed E-state index contributed by atoms with van der Waals surface area (Å²) in [5.41, 5.74) is 2.31. The molecule has 0 aliphatic heterocycles. The van der Waals surface area contributed by atoms with Gasteiger partial charge in [0.15, 0.2) is 0 Å². The van der Waals surface area contributed by atoms with Crippen molar-refractivity contribution in [3.8, 4) is 0 Å². The van der Waals surface area contributed by atoms with Crippen LogP contribution in [0, 0.1) is 3.57 Å².